The third-order valence-corrected chi connectivity index (χ3v) is 4.09. The topological polar surface area (TPSA) is 94.2 Å². The molecular weight excluding hydrogens is 382 g/mol. The molecule has 0 aliphatic rings. The minimum Gasteiger partial charge on any atom is -0.479 e. The highest BCUT2D eigenvalue weighted by Crippen LogP contribution is 2.17. The summed E-state index contributed by atoms with van der Waals surface area (Å²) >= 11 is 0. The van der Waals surface area contributed by atoms with Gasteiger partial charge in [0, 0.05) is 17.3 Å². The maximum Gasteiger partial charge on any atom is 0.359 e. The van der Waals surface area contributed by atoms with Crippen LogP contribution >= 0.6 is 0 Å². The van der Waals surface area contributed by atoms with Gasteiger partial charge in [-0.3, -0.25) is 4.79 Å². The molecule has 7 nitrogen and oxygen atoms in total. The van der Waals surface area contributed by atoms with E-state index in [9.17, 15) is 9.59 Å². The fourth-order valence-corrected chi connectivity index (χ4v) is 2.67. The fourth-order valence-electron chi connectivity index (χ4n) is 2.67. The lowest BCUT2D eigenvalue weighted by Crippen LogP contribution is -2.08. The van der Waals surface area contributed by atoms with Crippen LogP contribution in [-0.2, 0) is 4.74 Å². The van der Waals surface area contributed by atoms with Crippen LogP contribution in [0, 0.1) is 11.3 Å². The molecule has 0 unspecified atom stereocenters. The Morgan fingerprint density at radius 3 is 2.53 bits per heavy atom. The Kier molecular flexibility index (Phi) is 6.74. The summed E-state index contributed by atoms with van der Waals surface area (Å²) in [4.78, 5) is 24.8. The third-order valence-electron chi connectivity index (χ3n) is 4.09. The molecule has 0 radical (unpaired) electrons. The lowest BCUT2D eigenvalue weighted by atomic mass is 10.1. The van der Waals surface area contributed by atoms with Crippen molar-refractivity contribution < 1.29 is 19.1 Å². The number of rotatable bonds is 8. The Labute approximate surface area is 173 Å². The van der Waals surface area contributed by atoms with Gasteiger partial charge >= 0.3 is 5.97 Å². The van der Waals surface area contributed by atoms with Crippen molar-refractivity contribution in [3.8, 4) is 17.5 Å². The van der Waals surface area contributed by atoms with Gasteiger partial charge in [0.15, 0.2) is 18.1 Å². The van der Waals surface area contributed by atoms with Crippen LogP contribution in [0.15, 0.2) is 66.9 Å². The maximum absolute atomic E-state index is 12.5. The van der Waals surface area contributed by atoms with Crippen LogP contribution in [0.1, 0.15) is 33.3 Å². The summed E-state index contributed by atoms with van der Waals surface area (Å²) in [6.07, 6.45) is 4.59. The minimum atomic E-state index is -0.557. The summed E-state index contributed by atoms with van der Waals surface area (Å²) in [6.45, 7) is 1.88. The number of allylic oxidation sites excluding steroid dienone is 1. The second kappa shape index (κ2) is 9.85. The van der Waals surface area contributed by atoms with Crippen molar-refractivity contribution in [2.75, 3.05) is 13.2 Å². The highest BCUT2D eigenvalue weighted by Gasteiger charge is 2.17. The van der Waals surface area contributed by atoms with E-state index < -0.39 is 5.97 Å². The summed E-state index contributed by atoms with van der Waals surface area (Å²) in [5.74, 6) is -0.298. The zero-order valence-corrected chi connectivity index (χ0v) is 16.3. The van der Waals surface area contributed by atoms with E-state index in [0.717, 1.165) is 5.69 Å². The van der Waals surface area contributed by atoms with Crippen LogP contribution in [0.5, 0.6) is 5.75 Å². The number of ketones is 1. The Bertz CT molecular complexity index is 1090. The first-order chi connectivity index (χ1) is 14.6. The van der Waals surface area contributed by atoms with Gasteiger partial charge in [-0.25, -0.2) is 9.48 Å². The van der Waals surface area contributed by atoms with Crippen LogP contribution in [0.2, 0.25) is 0 Å². The minimum absolute atomic E-state index is 0.0603. The predicted molar refractivity (Wildman–Crippen MR) is 110 cm³/mol. The molecule has 0 bridgehead atoms. The van der Waals surface area contributed by atoms with Gasteiger partial charge in [-0.05, 0) is 55.5 Å². The van der Waals surface area contributed by atoms with E-state index in [2.05, 4.69) is 5.10 Å². The number of benzene rings is 2. The molecule has 0 saturated carbocycles. The lowest BCUT2D eigenvalue weighted by Gasteiger charge is -2.02. The van der Waals surface area contributed by atoms with Gasteiger partial charge in [0.25, 0.3) is 0 Å². The number of aromatic nitrogens is 2. The van der Waals surface area contributed by atoms with E-state index in [0.29, 0.717) is 16.9 Å². The van der Waals surface area contributed by atoms with Gasteiger partial charge < -0.3 is 9.47 Å². The molecule has 150 valence electrons. The zero-order chi connectivity index (χ0) is 21.3. The number of carbonyl (C=O) groups excluding carboxylic acids is 2. The lowest BCUT2D eigenvalue weighted by molar-refractivity contribution is 0.0518. The van der Waals surface area contributed by atoms with Crippen LogP contribution in [-0.4, -0.2) is 34.7 Å². The average molecular weight is 401 g/mol. The molecule has 1 heterocycles. The molecular formula is C23H19N3O4. The van der Waals surface area contributed by atoms with Crippen LogP contribution < -0.4 is 4.74 Å². The van der Waals surface area contributed by atoms with Gasteiger partial charge in [0.05, 0.1) is 12.3 Å². The molecule has 2 aromatic carbocycles. The first kappa shape index (κ1) is 20.6. The molecule has 0 fully saturated rings. The molecule has 0 N–H and O–H groups in total. The number of hydrogen-bond acceptors (Lipinski definition) is 6. The van der Waals surface area contributed by atoms with Gasteiger partial charge in [0.2, 0.25) is 0 Å². The SMILES string of the molecule is CCOC(=O)c1nn(-c2ccccc2)cc1/C=C/C(=O)c1ccc(OCC#N)cc1. The first-order valence-corrected chi connectivity index (χ1v) is 9.26. The third kappa shape index (κ3) is 5.00. The molecule has 7 heteroatoms. The number of ether oxygens (including phenoxy) is 2. The highest BCUT2D eigenvalue weighted by molar-refractivity contribution is 6.07. The van der Waals surface area contributed by atoms with E-state index >= 15 is 0 Å². The average Bonchev–Trinajstić information content (AvgIpc) is 3.21. The number of esters is 1. The summed E-state index contributed by atoms with van der Waals surface area (Å²) in [5.41, 5.74) is 1.83. The van der Waals surface area contributed by atoms with Crippen molar-refractivity contribution in [3.63, 3.8) is 0 Å². The molecule has 0 aliphatic heterocycles. The van der Waals surface area contributed by atoms with Gasteiger partial charge in [0.1, 0.15) is 11.8 Å². The largest absolute Gasteiger partial charge is 0.479 e. The van der Waals surface area contributed by atoms with Crippen molar-refractivity contribution >= 4 is 17.8 Å². The summed E-state index contributed by atoms with van der Waals surface area (Å²) in [5, 5.41) is 12.9. The van der Waals surface area contributed by atoms with E-state index in [1.54, 1.807) is 48.1 Å². The fraction of sp³-hybridized carbons (Fsp3) is 0.130. The molecule has 0 atom stereocenters. The second-order valence-corrected chi connectivity index (χ2v) is 6.10. The van der Waals surface area contributed by atoms with Gasteiger partial charge in [-0.15, -0.1) is 0 Å². The predicted octanol–water partition coefficient (Wildman–Crippen LogP) is 3.85. The maximum atomic E-state index is 12.5. The number of nitriles is 1. The summed E-state index contributed by atoms with van der Waals surface area (Å²) in [7, 11) is 0. The van der Waals surface area contributed by atoms with E-state index in [1.807, 2.05) is 36.4 Å². The van der Waals surface area contributed by atoms with Crippen molar-refractivity contribution in [2.45, 2.75) is 6.92 Å². The number of para-hydroxylation sites is 1. The molecule has 0 aliphatic carbocycles. The number of carbonyl (C=O) groups is 2. The van der Waals surface area contributed by atoms with Crippen molar-refractivity contribution in [2.24, 2.45) is 0 Å². The van der Waals surface area contributed by atoms with E-state index in [4.69, 9.17) is 14.7 Å². The summed E-state index contributed by atoms with van der Waals surface area (Å²) < 4.78 is 11.8. The second-order valence-electron chi connectivity index (χ2n) is 6.10. The van der Waals surface area contributed by atoms with Crippen LogP contribution in [0.4, 0.5) is 0 Å². The quantitative estimate of drug-likeness (QED) is 0.323. The molecule has 3 rings (SSSR count). The molecule has 1 aromatic heterocycles. The smallest absolute Gasteiger partial charge is 0.359 e. The van der Waals surface area contributed by atoms with Gasteiger partial charge in [-0.2, -0.15) is 10.4 Å². The Morgan fingerprint density at radius 1 is 1.13 bits per heavy atom. The van der Waals surface area contributed by atoms with Crippen LogP contribution in [0.3, 0.4) is 0 Å². The van der Waals surface area contributed by atoms with Crippen molar-refractivity contribution in [3.05, 3.63) is 83.7 Å². The molecule has 0 spiro atoms. The van der Waals surface area contributed by atoms with Crippen LogP contribution in [0.25, 0.3) is 11.8 Å². The number of hydrogen-bond donors (Lipinski definition) is 0. The van der Waals surface area contributed by atoms with E-state index in [-0.39, 0.29) is 24.7 Å². The standard InChI is InChI=1S/C23H19N3O4/c1-2-29-23(28)22-18(16-26(25-22)19-6-4-3-5-7-19)10-13-21(27)17-8-11-20(12-9-17)30-15-14-24/h3-13,16H,2,15H2,1H3/b13-10+. The van der Waals surface area contributed by atoms with E-state index in [1.165, 1.54) is 6.08 Å². The Morgan fingerprint density at radius 2 is 1.87 bits per heavy atom. The zero-order valence-electron chi connectivity index (χ0n) is 16.3. The van der Waals surface area contributed by atoms with Crippen molar-refractivity contribution in [1.29, 1.82) is 5.26 Å². The first-order valence-electron chi connectivity index (χ1n) is 9.26. The molecule has 3 aromatic rings. The Hall–Kier alpha value is -4.18. The number of nitrogens with zero attached hydrogens (tertiary/aromatic N) is 3. The molecule has 0 amide bonds. The highest BCUT2D eigenvalue weighted by atomic mass is 16.5. The molecule has 30 heavy (non-hydrogen) atoms. The van der Waals surface area contributed by atoms with Crippen molar-refractivity contribution in [1.82, 2.24) is 9.78 Å². The monoisotopic (exact) mass is 401 g/mol. The Balaban J connectivity index is 1.84. The molecule has 0 saturated heterocycles. The normalized spacial score (nSPS) is 10.5. The van der Waals surface area contributed by atoms with Gasteiger partial charge in [-0.1, -0.05) is 18.2 Å². The summed E-state index contributed by atoms with van der Waals surface area (Å²) in [6, 6.07) is 17.7.